The fourth-order valence-corrected chi connectivity index (χ4v) is 0.688. The molecule has 0 aliphatic heterocycles. The SMILES string of the molecule is CCCOC(=O)n1ccnc1[O]. The smallest absolute Gasteiger partial charge is 0.422 e. The van der Waals surface area contributed by atoms with Gasteiger partial charge in [-0.25, -0.2) is 14.5 Å². The van der Waals surface area contributed by atoms with Gasteiger partial charge in [-0.05, 0) is 6.42 Å². The van der Waals surface area contributed by atoms with Crippen molar-refractivity contribution in [2.45, 2.75) is 13.3 Å². The van der Waals surface area contributed by atoms with Crippen molar-refractivity contribution < 1.29 is 14.6 Å². The van der Waals surface area contributed by atoms with E-state index in [4.69, 9.17) is 4.74 Å². The predicted octanol–water partition coefficient (Wildman–Crippen LogP) is 1.42. The third-order valence-electron chi connectivity index (χ3n) is 1.23. The van der Waals surface area contributed by atoms with Crippen LogP contribution in [0.5, 0.6) is 6.01 Å². The van der Waals surface area contributed by atoms with Crippen LogP contribution in [0.1, 0.15) is 13.3 Å². The van der Waals surface area contributed by atoms with Crippen molar-refractivity contribution >= 4 is 6.09 Å². The van der Waals surface area contributed by atoms with Gasteiger partial charge in [0.15, 0.2) is 0 Å². The lowest BCUT2D eigenvalue weighted by Gasteiger charge is -2.01. The van der Waals surface area contributed by atoms with Crippen molar-refractivity contribution in [3.63, 3.8) is 0 Å². The Morgan fingerprint density at radius 2 is 2.50 bits per heavy atom. The van der Waals surface area contributed by atoms with Crippen LogP contribution in [0.2, 0.25) is 0 Å². The summed E-state index contributed by atoms with van der Waals surface area (Å²) in [4.78, 5) is 14.3. The average Bonchev–Trinajstić information content (AvgIpc) is 2.47. The number of carbonyl (C=O) groups excluding carboxylic acids is 1. The number of aromatic nitrogens is 2. The molecule has 1 rings (SSSR count). The summed E-state index contributed by atoms with van der Waals surface area (Å²) in [6.45, 7) is 2.19. The Morgan fingerprint density at radius 3 is 3.00 bits per heavy atom. The van der Waals surface area contributed by atoms with Crippen LogP contribution in [-0.4, -0.2) is 22.3 Å². The molecule has 0 unspecified atom stereocenters. The molecule has 0 bridgehead atoms. The molecule has 0 saturated heterocycles. The van der Waals surface area contributed by atoms with Crippen LogP contribution in [-0.2, 0) is 9.84 Å². The van der Waals surface area contributed by atoms with Gasteiger partial charge in [0.25, 0.3) is 0 Å². The number of rotatable bonds is 2. The van der Waals surface area contributed by atoms with E-state index in [1.54, 1.807) is 0 Å². The normalized spacial score (nSPS) is 9.75. The Kier molecular flexibility index (Phi) is 2.68. The highest BCUT2D eigenvalue weighted by Gasteiger charge is 2.10. The summed E-state index contributed by atoms with van der Waals surface area (Å²) in [5.74, 6) is 0. The molecule has 0 atom stereocenters. The van der Waals surface area contributed by atoms with Gasteiger partial charge in [0, 0.05) is 12.4 Å². The molecule has 65 valence electrons. The van der Waals surface area contributed by atoms with Gasteiger partial charge in [-0.3, -0.25) is 0 Å². The molecule has 0 fully saturated rings. The summed E-state index contributed by atoms with van der Waals surface area (Å²) in [5, 5.41) is 10.8. The first-order valence-electron chi connectivity index (χ1n) is 3.63. The highest BCUT2D eigenvalue weighted by atomic mass is 16.6. The van der Waals surface area contributed by atoms with Crippen LogP contribution in [0.15, 0.2) is 12.4 Å². The van der Waals surface area contributed by atoms with Crippen LogP contribution in [0.4, 0.5) is 4.79 Å². The second kappa shape index (κ2) is 3.75. The molecule has 5 nitrogen and oxygen atoms in total. The summed E-state index contributed by atoms with van der Waals surface area (Å²) in [7, 11) is 0. The summed E-state index contributed by atoms with van der Waals surface area (Å²) in [5.41, 5.74) is 0. The standard InChI is InChI=1S/C7H9N2O3/c1-2-5-12-7(11)9-4-3-8-6(9)10/h3-4H,2,5H2,1H3. The van der Waals surface area contributed by atoms with Crippen molar-refractivity contribution in [1.29, 1.82) is 0 Å². The Balaban J connectivity index is 2.59. The number of imidazole rings is 1. The van der Waals surface area contributed by atoms with Crippen molar-refractivity contribution in [2.75, 3.05) is 6.61 Å². The van der Waals surface area contributed by atoms with Crippen molar-refractivity contribution in [3.05, 3.63) is 12.4 Å². The first-order chi connectivity index (χ1) is 5.75. The monoisotopic (exact) mass is 169 g/mol. The minimum atomic E-state index is -0.667. The molecule has 1 aromatic rings. The topological polar surface area (TPSA) is 64.0 Å². The third-order valence-corrected chi connectivity index (χ3v) is 1.23. The Hall–Kier alpha value is -1.52. The van der Waals surface area contributed by atoms with E-state index < -0.39 is 12.1 Å². The predicted molar refractivity (Wildman–Crippen MR) is 39.4 cm³/mol. The maximum absolute atomic E-state index is 11.0. The molecule has 12 heavy (non-hydrogen) atoms. The molecule has 0 aromatic carbocycles. The lowest BCUT2D eigenvalue weighted by Crippen LogP contribution is -2.12. The van der Waals surface area contributed by atoms with Crippen LogP contribution < -0.4 is 0 Å². The van der Waals surface area contributed by atoms with Gasteiger partial charge in [-0.15, -0.1) is 0 Å². The number of ether oxygens (including phenoxy) is 1. The first-order valence-corrected chi connectivity index (χ1v) is 3.63. The molecular weight excluding hydrogens is 160 g/mol. The molecule has 1 radical (unpaired) electrons. The van der Waals surface area contributed by atoms with Crippen LogP contribution >= 0.6 is 0 Å². The largest absolute Gasteiger partial charge is 0.449 e. The molecule has 5 heteroatoms. The van der Waals surface area contributed by atoms with Gasteiger partial charge < -0.3 is 4.74 Å². The van der Waals surface area contributed by atoms with E-state index in [1.807, 2.05) is 6.92 Å². The van der Waals surface area contributed by atoms with E-state index in [9.17, 15) is 9.90 Å². The van der Waals surface area contributed by atoms with E-state index in [-0.39, 0.29) is 0 Å². The highest BCUT2D eigenvalue weighted by molar-refractivity contribution is 5.71. The second-order valence-electron chi connectivity index (χ2n) is 2.19. The number of carbonyl (C=O) groups is 1. The summed E-state index contributed by atoms with van der Waals surface area (Å²) >= 11 is 0. The van der Waals surface area contributed by atoms with Gasteiger partial charge in [0.05, 0.1) is 6.61 Å². The van der Waals surface area contributed by atoms with E-state index >= 15 is 0 Å². The Bertz CT molecular complexity index is 269. The molecule has 0 spiro atoms. The van der Waals surface area contributed by atoms with Crippen molar-refractivity contribution in [1.82, 2.24) is 9.55 Å². The average molecular weight is 169 g/mol. The quantitative estimate of drug-likeness (QED) is 0.672. The summed E-state index contributed by atoms with van der Waals surface area (Å²) in [6, 6.07) is -0.601. The molecule has 0 N–H and O–H groups in total. The second-order valence-corrected chi connectivity index (χ2v) is 2.19. The maximum Gasteiger partial charge on any atom is 0.422 e. The van der Waals surface area contributed by atoms with Crippen LogP contribution in [0, 0.1) is 0 Å². The zero-order valence-corrected chi connectivity index (χ0v) is 6.69. The Labute approximate surface area is 69.6 Å². The molecule has 0 saturated carbocycles. The lowest BCUT2D eigenvalue weighted by molar-refractivity contribution is 0.143. The molecule has 0 aliphatic rings. The fourth-order valence-electron chi connectivity index (χ4n) is 0.688. The third kappa shape index (κ3) is 1.75. The van der Waals surface area contributed by atoms with Crippen LogP contribution in [0.3, 0.4) is 0 Å². The van der Waals surface area contributed by atoms with Gasteiger partial charge in [-0.2, -0.15) is 4.98 Å². The number of hydrogen-bond donors (Lipinski definition) is 0. The zero-order chi connectivity index (χ0) is 8.97. The van der Waals surface area contributed by atoms with Crippen molar-refractivity contribution in [3.8, 4) is 6.01 Å². The minimum absolute atomic E-state index is 0.316. The molecule has 1 aromatic heterocycles. The molecular formula is C7H9N2O3. The van der Waals surface area contributed by atoms with E-state index in [2.05, 4.69) is 4.98 Å². The minimum Gasteiger partial charge on any atom is -0.449 e. The lowest BCUT2D eigenvalue weighted by atomic mass is 10.5. The van der Waals surface area contributed by atoms with Gasteiger partial charge >= 0.3 is 12.1 Å². The van der Waals surface area contributed by atoms with Gasteiger partial charge in [-0.1, -0.05) is 6.92 Å². The van der Waals surface area contributed by atoms with Gasteiger partial charge in [0.1, 0.15) is 0 Å². The number of nitrogens with zero attached hydrogens (tertiary/aromatic N) is 2. The van der Waals surface area contributed by atoms with Gasteiger partial charge in [0.2, 0.25) is 0 Å². The van der Waals surface area contributed by atoms with E-state index in [1.165, 1.54) is 12.4 Å². The first kappa shape index (κ1) is 8.58. The Morgan fingerprint density at radius 1 is 1.75 bits per heavy atom. The summed E-state index contributed by atoms with van der Waals surface area (Å²) in [6.07, 6.45) is 2.60. The van der Waals surface area contributed by atoms with Crippen molar-refractivity contribution in [2.24, 2.45) is 0 Å². The summed E-state index contributed by atoms with van der Waals surface area (Å²) < 4.78 is 5.53. The maximum atomic E-state index is 11.0. The molecule has 1 heterocycles. The molecule has 0 amide bonds. The number of hydrogen-bond acceptors (Lipinski definition) is 3. The van der Waals surface area contributed by atoms with E-state index in [0.29, 0.717) is 6.61 Å². The van der Waals surface area contributed by atoms with E-state index in [0.717, 1.165) is 11.0 Å². The molecule has 0 aliphatic carbocycles. The highest BCUT2D eigenvalue weighted by Crippen LogP contribution is 2.05. The fraction of sp³-hybridized carbons (Fsp3) is 0.429. The zero-order valence-electron chi connectivity index (χ0n) is 6.69. The van der Waals surface area contributed by atoms with Crippen LogP contribution in [0.25, 0.3) is 0 Å².